The third-order valence-corrected chi connectivity index (χ3v) is 4.76. The maximum atomic E-state index is 12.2. The van der Waals surface area contributed by atoms with Gasteiger partial charge in [0.2, 0.25) is 0 Å². The highest BCUT2D eigenvalue weighted by atomic mass is 32.2. The van der Waals surface area contributed by atoms with Gasteiger partial charge < -0.3 is 10.2 Å². The Balaban J connectivity index is 1.89. The molecule has 0 saturated carbocycles. The van der Waals surface area contributed by atoms with Crippen molar-refractivity contribution >= 4 is 38.9 Å². The summed E-state index contributed by atoms with van der Waals surface area (Å²) >= 11 is 1.49. The fourth-order valence-electron chi connectivity index (χ4n) is 1.66. The summed E-state index contributed by atoms with van der Waals surface area (Å²) in [6, 6.07) is 5.17. The van der Waals surface area contributed by atoms with Gasteiger partial charge in [-0.25, -0.2) is 14.2 Å². The highest BCUT2D eigenvalue weighted by Gasteiger charge is 2.15. The summed E-state index contributed by atoms with van der Waals surface area (Å²) in [5.74, 6) is 0.320. The quantitative estimate of drug-likeness (QED) is 0.750. The number of nitrogen functional groups attached to an aromatic ring is 1. The SMILES string of the molecule is Cc1csc(CS(=O)c2nc3ccc(N)cc3o2)n1. The second-order valence-corrected chi connectivity index (χ2v) is 6.35. The first-order valence-corrected chi connectivity index (χ1v) is 7.77. The van der Waals surface area contributed by atoms with Crippen molar-refractivity contribution in [3.63, 3.8) is 0 Å². The largest absolute Gasteiger partial charge is 0.430 e. The predicted octanol–water partition coefficient (Wildman–Crippen LogP) is 2.48. The average Bonchev–Trinajstić information content (AvgIpc) is 2.95. The molecule has 2 heterocycles. The van der Waals surface area contributed by atoms with Crippen LogP contribution in [0.15, 0.2) is 33.2 Å². The van der Waals surface area contributed by atoms with Crippen LogP contribution in [0, 0.1) is 6.92 Å². The number of anilines is 1. The van der Waals surface area contributed by atoms with Crippen LogP contribution < -0.4 is 5.73 Å². The van der Waals surface area contributed by atoms with E-state index in [1.807, 2.05) is 12.3 Å². The van der Waals surface area contributed by atoms with Gasteiger partial charge in [0, 0.05) is 22.8 Å². The number of nitrogens with zero attached hydrogens (tertiary/aromatic N) is 2. The van der Waals surface area contributed by atoms with Gasteiger partial charge in [-0.1, -0.05) is 0 Å². The fourth-order valence-corrected chi connectivity index (χ4v) is 3.60. The highest BCUT2D eigenvalue weighted by molar-refractivity contribution is 7.84. The van der Waals surface area contributed by atoms with Crippen LogP contribution in [0.25, 0.3) is 11.1 Å². The van der Waals surface area contributed by atoms with Crippen molar-refractivity contribution in [2.75, 3.05) is 5.73 Å². The molecule has 5 nitrogen and oxygen atoms in total. The first-order chi connectivity index (χ1) is 9.11. The number of fused-ring (bicyclic) bond motifs is 1. The molecule has 0 radical (unpaired) electrons. The second-order valence-electron chi connectivity index (χ2n) is 4.08. The minimum atomic E-state index is -1.33. The number of nitrogens with two attached hydrogens (primary N) is 1. The molecule has 19 heavy (non-hydrogen) atoms. The molecule has 0 saturated heterocycles. The molecule has 0 aliphatic rings. The predicted molar refractivity (Wildman–Crippen MR) is 75.4 cm³/mol. The molecular formula is C12H11N3O2S2. The van der Waals surface area contributed by atoms with Gasteiger partial charge in [-0.2, -0.15) is 0 Å². The summed E-state index contributed by atoms with van der Waals surface area (Å²) in [5, 5.41) is 2.96. The van der Waals surface area contributed by atoms with Crippen LogP contribution >= 0.6 is 11.3 Å². The monoisotopic (exact) mass is 293 g/mol. The zero-order valence-corrected chi connectivity index (χ0v) is 11.8. The minimum Gasteiger partial charge on any atom is -0.430 e. The molecule has 2 aromatic heterocycles. The Morgan fingerprint density at radius 1 is 1.42 bits per heavy atom. The van der Waals surface area contributed by atoms with E-state index in [1.54, 1.807) is 18.2 Å². The number of oxazole rings is 1. The average molecular weight is 293 g/mol. The number of aryl methyl sites for hydroxylation is 1. The van der Waals surface area contributed by atoms with Crippen LogP contribution in [-0.2, 0) is 16.6 Å². The third-order valence-electron chi connectivity index (χ3n) is 2.51. The summed E-state index contributed by atoms with van der Waals surface area (Å²) in [6.07, 6.45) is 0. The zero-order chi connectivity index (χ0) is 13.4. The van der Waals surface area contributed by atoms with E-state index in [4.69, 9.17) is 10.2 Å². The molecule has 0 spiro atoms. The van der Waals surface area contributed by atoms with Crippen LogP contribution in [0.2, 0.25) is 0 Å². The molecule has 0 aliphatic carbocycles. The molecule has 3 rings (SSSR count). The van der Waals surface area contributed by atoms with Gasteiger partial charge in [0.05, 0.1) is 5.75 Å². The lowest BCUT2D eigenvalue weighted by atomic mass is 10.3. The summed E-state index contributed by atoms with van der Waals surface area (Å²) in [4.78, 5) is 8.49. The van der Waals surface area contributed by atoms with Crippen molar-refractivity contribution in [1.29, 1.82) is 0 Å². The summed E-state index contributed by atoms with van der Waals surface area (Å²) in [6.45, 7) is 1.91. The zero-order valence-electron chi connectivity index (χ0n) is 10.1. The van der Waals surface area contributed by atoms with E-state index in [1.165, 1.54) is 11.3 Å². The number of hydrogen-bond acceptors (Lipinski definition) is 6. The number of aromatic nitrogens is 2. The van der Waals surface area contributed by atoms with Gasteiger partial charge in [-0.3, -0.25) is 0 Å². The molecule has 98 valence electrons. The molecule has 0 aliphatic heterocycles. The van der Waals surface area contributed by atoms with Crippen molar-refractivity contribution < 1.29 is 8.63 Å². The van der Waals surface area contributed by atoms with E-state index in [0.717, 1.165) is 10.7 Å². The van der Waals surface area contributed by atoms with Crippen molar-refractivity contribution in [2.45, 2.75) is 17.9 Å². The molecule has 1 unspecified atom stereocenters. The number of thiazole rings is 1. The number of benzene rings is 1. The molecule has 1 atom stereocenters. The van der Waals surface area contributed by atoms with E-state index in [0.29, 0.717) is 22.5 Å². The highest BCUT2D eigenvalue weighted by Crippen LogP contribution is 2.22. The summed E-state index contributed by atoms with van der Waals surface area (Å²) in [5.41, 5.74) is 8.40. The molecule has 3 aromatic rings. The van der Waals surface area contributed by atoms with E-state index in [2.05, 4.69) is 9.97 Å². The first kappa shape index (κ1) is 12.3. The number of hydrogen-bond donors (Lipinski definition) is 1. The van der Waals surface area contributed by atoms with Gasteiger partial charge in [-0.05, 0) is 19.1 Å². The molecule has 7 heteroatoms. The minimum absolute atomic E-state index is 0.216. The standard InChI is InChI=1S/C12H11N3O2S2/c1-7-5-18-11(14-7)6-19(16)12-15-9-3-2-8(13)4-10(9)17-12/h2-5H,6,13H2,1H3. The van der Waals surface area contributed by atoms with Crippen molar-refractivity contribution in [3.05, 3.63) is 34.3 Å². The van der Waals surface area contributed by atoms with Gasteiger partial charge in [-0.15, -0.1) is 11.3 Å². The maximum Gasteiger partial charge on any atom is 0.288 e. The first-order valence-electron chi connectivity index (χ1n) is 5.57. The van der Waals surface area contributed by atoms with Crippen LogP contribution in [0.3, 0.4) is 0 Å². The van der Waals surface area contributed by atoms with E-state index >= 15 is 0 Å². The fraction of sp³-hybridized carbons (Fsp3) is 0.167. The Hall–Kier alpha value is -1.73. The summed E-state index contributed by atoms with van der Waals surface area (Å²) < 4.78 is 17.6. The molecule has 0 amide bonds. The maximum absolute atomic E-state index is 12.2. The topological polar surface area (TPSA) is 82.0 Å². The van der Waals surface area contributed by atoms with E-state index in [9.17, 15) is 4.21 Å². The van der Waals surface area contributed by atoms with Crippen LogP contribution in [0.5, 0.6) is 0 Å². The normalized spacial score (nSPS) is 12.9. The second kappa shape index (κ2) is 4.75. The molecule has 2 N–H and O–H groups in total. The Labute approximate surface area is 115 Å². The van der Waals surface area contributed by atoms with Crippen molar-refractivity contribution in [1.82, 2.24) is 9.97 Å². The van der Waals surface area contributed by atoms with E-state index < -0.39 is 10.8 Å². The molecule has 0 bridgehead atoms. The lowest BCUT2D eigenvalue weighted by Crippen LogP contribution is -1.96. The van der Waals surface area contributed by atoms with Gasteiger partial charge in [0.15, 0.2) is 5.58 Å². The number of rotatable bonds is 3. The molecular weight excluding hydrogens is 282 g/mol. The Morgan fingerprint density at radius 3 is 3.00 bits per heavy atom. The third kappa shape index (κ3) is 2.52. The Kier molecular flexibility index (Phi) is 3.08. The lowest BCUT2D eigenvalue weighted by molar-refractivity contribution is 0.477. The van der Waals surface area contributed by atoms with Crippen molar-refractivity contribution in [2.24, 2.45) is 0 Å². The van der Waals surface area contributed by atoms with Gasteiger partial charge >= 0.3 is 0 Å². The van der Waals surface area contributed by atoms with Crippen LogP contribution in [0.4, 0.5) is 5.69 Å². The Morgan fingerprint density at radius 2 is 2.26 bits per heavy atom. The lowest BCUT2D eigenvalue weighted by Gasteiger charge is -1.92. The van der Waals surface area contributed by atoms with Gasteiger partial charge in [0.25, 0.3) is 5.22 Å². The van der Waals surface area contributed by atoms with Crippen molar-refractivity contribution in [3.8, 4) is 0 Å². The summed E-state index contributed by atoms with van der Waals surface area (Å²) in [7, 11) is -1.33. The molecule has 1 aromatic carbocycles. The smallest absolute Gasteiger partial charge is 0.288 e. The van der Waals surface area contributed by atoms with Gasteiger partial charge in [0.1, 0.15) is 21.3 Å². The van der Waals surface area contributed by atoms with Crippen LogP contribution in [0.1, 0.15) is 10.7 Å². The molecule has 0 fully saturated rings. The van der Waals surface area contributed by atoms with Crippen LogP contribution in [-0.4, -0.2) is 14.2 Å². The Bertz CT molecular complexity index is 763. The van der Waals surface area contributed by atoms with E-state index in [-0.39, 0.29) is 5.22 Å².